The van der Waals surface area contributed by atoms with Crippen molar-refractivity contribution in [2.24, 2.45) is 5.92 Å². The average molecular weight is 271 g/mol. The molecule has 0 aliphatic carbocycles. The van der Waals surface area contributed by atoms with Crippen molar-refractivity contribution in [3.05, 3.63) is 34.3 Å². The van der Waals surface area contributed by atoms with Crippen molar-refractivity contribution in [1.82, 2.24) is 0 Å². The maximum Gasteiger partial charge on any atom is 0.0800 e. The van der Waals surface area contributed by atoms with Gasteiger partial charge in [-0.3, -0.25) is 0 Å². The second-order valence-electron chi connectivity index (χ2n) is 4.28. The van der Waals surface area contributed by atoms with Crippen LogP contribution >= 0.6 is 15.9 Å². The van der Waals surface area contributed by atoms with Gasteiger partial charge in [-0.05, 0) is 37.5 Å². The van der Waals surface area contributed by atoms with Crippen LogP contribution in [0.25, 0.3) is 0 Å². The number of halogens is 1. The largest absolute Gasteiger partial charge is 0.371 e. The summed E-state index contributed by atoms with van der Waals surface area (Å²) in [4.78, 5) is 0. The van der Waals surface area contributed by atoms with Crippen molar-refractivity contribution in [3.63, 3.8) is 0 Å². The van der Waals surface area contributed by atoms with E-state index in [1.807, 2.05) is 0 Å². The van der Waals surface area contributed by atoms with Gasteiger partial charge in [-0.2, -0.15) is 0 Å². The van der Waals surface area contributed by atoms with E-state index in [-0.39, 0.29) is 6.10 Å². The Morgan fingerprint density at radius 3 is 2.00 bits per heavy atom. The molecule has 0 spiro atoms. The first-order valence-electron chi connectivity index (χ1n) is 5.41. The molecule has 1 aromatic carbocycles. The van der Waals surface area contributed by atoms with Gasteiger partial charge in [-0.1, -0.05) is 41.9 Å². The average Bonchev–Trinajstić information content (AvgIpc) is 2.18. The van der Waals surface area contributed by atoms with Gasteiger partial charge in [0.25, 0.3) is 0 Å². The van der Waals surface area contributed by atoms with E-state index in [0.29, 0.717) is 12.0 Å². The quantitative estimate of drug-likeness (QED) is 0.779. The Balaban J connectivity index is 2.61. The Hall–Kier alpha value is -0.340. The van der Waals surface area contributed by atoms with Crippen molar-refractivity contribution in [2.45, 2.75) is 39.9 Å². The summed E-state index contributed by atoms with van der Waals surface area (Å²) < 4.78 is 7.03. The predicted octanol–water partition coefficient (Wildman–Crippen LogP) is 4.57. The summed E-state index contributed by atoms with van der Waals surface area (Å²) in [5, 5.41) is 0. The fourth-order valence-electron chi connectivity index (χ4n) is 1.29. The lowest BCUT2D eigenvalue weighted by molar-refractivity contribution is -0.0172. The normalized spacial score (nSPS) is 15.3. The summed E-state index contributed by atoms with van der Waals surface area (Å²) in [6.07, 6.45) is 0.458. The fourth-order valence-corrected chi connectivity index (χ4v) is 1.56. The van der Waals surface area contributed by atoms with Crippen LogP contribution < -0.4 is 0 Å². The second kappa shape index (κ2) is 5.66. The van der Waals surface area contributed by atoms with E-state index in [1.54, 1.807) is 0 Å². The van der Waals surface area contributed by atoms with Gasteiger partial charge in [0.2, 0.25) is 0 Å². The highest BCUT2D eigenvalue weighted by atomic mass is 79.9. The highest BCUT2D eigenvalue weighted by Crippen LogP contribution is 2.22. The zero-order valence-corrected chi connectivity index (χ0v) is 11.4. The highest BCUT2D eigenvalue weighted by Gasteiger charge is 2.13. The van der Waals surface area contributed by atoms with Crippen LogP contribution in [0.2, 0.25) is 0 Å². The maximum atomic E-state index is 5.92. The third-order valence-corrected chi connectivity index (χ3v) is 3.23. The molecule has 0 aliphatic heterocycles. The minimum Gasteiger partial charge on any atom is -0.371 e. The van der Waals surface area contributed by atoms with Gasteiger partial charge in [0, 0.05) is 4.47 Å². The molecule has 2 heteroatoms. The Labute approximate surface area is 101 Å². The van der Waals surface area contributed by atoms with Crippen LogP contribution in [-0.4, -0.2) is 6.10 Å². The second-order valence-corrected chi connectivity index (χ2v) is 5.19. The zero-order valence-electron chi connectivity index (χ0n) is 9.83. The molecule has 0 heterocycles. The van der Waals surface area contributed by atoms with Crippen LogP contribution in [-0.2, 0) is 4.74 Å². The summed E-state index contributed by atoms with van der Waals surface area (Å²) in [7, 11) is 0. The minimum absolute atomic E-state index is 0.162. The van der Waals surface area contributed by atoms with E-state index in [0.717, 1.165) is 4.47 Å². The van der Waals surface area contributed by atoms with Crippen molar-refractivity contribution in [1.29, 1.82) is 0 Å². The molecule has 0 aromatic heterocycles. The molecule has 1 nitrogen and oxygen atoms in total. The van der Waals surface area contributed by atoms with Crippen LogP contribution in [0.1, 0.15) is 39.4 Å². The molecule has 0 fully saturated rings. The SMILES string of the molecule is CC(C)[C@@H](C)O[C@@H](C)c1ccc(Br)cc1. The first-order chi connectivity index (χ1) is 7.00. The maximum absolute atomic E-state index is 5.92. The van der Waals surface area contributed by atoms with Crippen LogP contribution in [0.4, 0.5) is 0 Å². The lowest BCUT2D eigenvalue weighted by Gasteiger charge is -2.22. The first-order valence-corrected chi connectivity index (χ1v) is 6.21. The number of benzene rings is 1. The Kier molecular flexibility index (Phi) is 4.81. The summed E-state index contributed by atoms with van der Waals surface area (Å²) in [6.45, 7) is 8.58. The van der Waals surface area contributed by atoms with Gasteiger partial charge in [0.1, 0.15) is 0 Å². The minimum atomic E-state index is 0.162. The van der Waals surface area contributed by atoms with Gasteiger partial charge in [0.05, 0.1) is 12.2 Å². The lowest BCUT2D eigenvalue weighted by Crippen LogP contribution is -2.17. The van der Waals surface area contributed by atoms with Gasteiger partial charge in [-0.25, -0.2) is 0 Å². The molecule has 0 saturated carbocycles. The zero-order chi connectivity index (χ0) is 11.4. The smallest absolute Gasteiger partial charge is 0.0800 e. The molecule has 2 atom stereocenters. The molecule has 0 amide bonds. The first kappa shape index (κ1) is 12.7. The summed E-state index contributed by atoms with van der Waals surface area (Å²) in [5.74, 6) is 0.558. The number of rotatable bonds is 4. The molecular formula is C13H19BrO. The molecule has 84 valence electrons. The van der Waals surface area contributed by atoms with Crippen LogP contribution in [0.15, 0.2) is 28.7 Å². The van der Waals surface area contributed by atoms with Crippen molar-refractivity contribution >= 4 is 15.9 Å². The molecule has 0 aliphatic rings. The molecule has 0 radical (unpaired) electrons. The van der Waals surface area contributed by atoms with Gasteiger partial charge in [0.15, 0.2) is 0 Å². The van der Waals surface area contributed by atoms with Gasteiger partial charge < -0.3 is 4.74 Å². The molecular weight excluding hydrogens is 252 g/mol. The van der Waals surface area contributed by atoms with E-state index >= 15 is 0 Å². The van der Waals surface area contributed by atoms with Gasteiger partial charge in [-0.15, -0.1) is 0 Å². The van der Waals surface area contributed by atoms with E-state index in [4.69, 9.17) is 4.74 Å². The third kappa shape index (κ3) is 3.96. The molecule has 0 saturated heterocycles. The van der Waals surface area contributed by atoms with Crippen molar-refractivity contribution in [3.8, 4) is 0 Å². The van der Waals surface area contributed by atoms with E-state index in [9.17, 15) is 0 Å². The van der Waals surface area contributed by atoms with Crippen molar-refractivity contribution < 1.29 is 4.74 Å². The van der Waals surface area contributed by atoms with E-state index < -0.39 is 0 Å². The third-order valence-electron chi connectivity index (χ3n) is 2.70. The Morgan fingerprint density at radius 1 is 1.00 bits per heavy atom. The number of hydrogen-bond acceptors (Lipinski definition) is 1. The van der Waals surface area contributed by atoms with Gasteiger partial charge >= 0.3 is 0 Å². The van der Waals surface area contributed by atoms with E-state index in [2.05, 4.69) is 67.9 Å². The highest BCUT2D eigenvalue weighted by molar-refractivity contribution is 9.10. The predicted molar refractivity (Wildman–Crippen MR) is 67.9 cm³/mol. The van der Waals surface area contributed by atoms with Crippen molar-refractivity contribution in [2.75, 3.05) is 0 Å². The van der Waals surface area contributed by atoms with Crippen LogP contribution in [0.3, 0.4) is 0 Å². The Bertz CT molecular complexity index is 292. The molecule has 1 aromatic rings. The molecule has 0 unspecified atom stereocenters. The standard InChI is InChI=1S/C13H19BrO/c1-9(2)10(3)15-11(4)12-5-7-13(14)8-6-12/h5-11H,1-4H3/t10-,11+/m1/s1. The Morgan fingerprint density at radius 2 is 1.53 bits per heavy atom. The lowest BCUT2D eigenvalue weighted by atomic mass is 10.1. The number of ether oxygens (including phenoxy) is 1. The van der Waals surface area contributed by atoms with Crippen LogP contribution in [0, 0.1) is 5.92 Å². The molecule has 0 N–H and O–H groups in total. The monoisotopic (exact) mass is 270 g/mol. The molecule has 0 bridgehead atoms. The summed E-state index contributed by atoms with van der Waals surface area (Å²) in [6, 6.07) is 8.30. The fraction of sp³-hybridized carbons (Fsp3) is 0.538. The summed E-state index contributed by atoms with van der Waals surface area (Å²) >= 11 is 3.43. The van der Waals surface area contributed by atoms with Crippen LogP contribution in [0.5, 0.6) is 0 Å². The van der Waals surface area contributed by atoms with E-state index in [1.165, 1.54) is 5.56 Å². The molecule has 15 heavy (non-hydrogen) atoms. The topological polar surface area (TPSA) is 9.23 Å². The number of hydrogen-bond donors (Lipinski definition) is 0. The summed E-state index contributed by atoms with van der Waals surface area (Å²) in [5.41, 5.74) is 1.23. The molecule has 1 rings (SSSR count).